The van der Waals surface area contributed by atoms with Crippen molar-refractivity contribution in [1.82, 2.24) is 10.2 Å². The van der Waals surface area contributed by atoms with E-state index in [0.29, 0.717) is 10.8 Å². The molecular formula is C35H37ClFN3O6S. The highest BCUT2D eigenvalue weighted by Gasteiger charge is 2.35. The van der Waals surface area contributed by atoms with Gasteiger partial charge < -0.3 is 19.7 Å². The fourth-order valence-corrected chi connectivity index (χ4v) is 6.54. The van der Waals surface area contributed by atoms with Crippen LogP contribution in [0.3, 0.4) is 0 Å². The first-order valence-corrected chi connectivity index (χ1v) is 16.6. The molecule has 0 aliphatic carbocycles. The van der Waals surface area contributed by atoms with Gasteiger partial charge >= 0.3 is 0 Å². The maximum absolute atomic E-state index is 15.0. The van der Waals surface area contributed by atoms with Crippen molar-refractivity contribution in [3.63, 3.8) is 0 Å². The lowest BCUT2D eigenvalue weighted by Gasteiger charge is -2.34. The summed E-state index contributed by atoms with van der Waals surface area (Å²) in [7, 11) is -1.62. The first kappa shape index (κ1) is 35.2. The van der Waals surface area contributed by atoms with Crippen molar-refractivity contribution in [2.45, 2.75) is 43.8 Å². The number of benzene rings is 4. The lowest BCUT2D eigenvalue weighted by molar-refractivity contribution is -0.140. The summed E-state index contributed by atoms with van der Waals surface area (Å²) in [4.78, 5) is 29.3. The molecule has 4 aromatic carbocycles. The first-order valence-electron chi connectivity index (χ1n) is 14.8. The van der Waals surface area contributed by atoms with Crippen molar-refractivity contribution in [1.29, 1.82) is 0 Å². The van der Waals surface area contributed by atoms with E-state index in [0.717, 1.165) is 9.87 Å². The molecule has 1 atom stereocenters. The van der Waals surface area contributed by atoms with Gasteiger partial charge in [-0.25, -0.2) is 12.8 Å². The molecule has 2 amide bonds. The van der Waals surface area contributed by atoms with Crippen molar-refractivity contribution < 1.29 is 31.9 Å². The topological polar surface area (TPSA) is 105 Å². The minimum Gasteiger partial charge on any atom is -0.493 e. The molecular weight excluding hydrogens is 645 g/mol. The third-order valence-electron chi connectivity index (χ3n) is 7.34. The van der Waals surface area contributed by atoms with Crippen molar-refractivity contribution >= 4 is 39.1 Å². The van der Waals surface area contributed by atoms with E-state index in [2.05, 4.69) is 5.32 Å². The number of hydrogen-bond acceptors (Lipinski definition) is 6. The van der Waals surface area contributed by atoms with E-state index in [1.807, 2.05) is 30.3 Å². The second-order valence-electron chi connectivity index (χ2n) is 11.0. The number of ether oxygens (including phenoxy) is 2. The summed E-state index contributed by atoms with van der Waals surface area (Å²) in [5, 5.41) is 3.23. The van der Waals surface area contributed by atoms with Gasteiger partial charge in [-0.1, -0.05) is 60.1 Å². The van der Waals surface area contributed by atoms with Crippen LogP contribution < -0.4 is 19.1 Å². The van der Waals surface area contributed by atoms with Crippen molar-refractivity contribution in [3.8, 4) is 11.5 Å². The van der Waals surface area contributed by atoms with Crippen LogP contribution in [0.25, 0.3) is 0 Å². The molecule has 0 aliphatic rings. The molecule has 0 saturated heterocycles. The molecule has 4 aromatic rings. The van der Waals surface area contributed by atoms with E-state index in [9.17, 15) is 18.0 Å². The molecule has 248 valence electrons. The molecule has 1 N–H and O–H groups in total. The third-order valence-corrected chi connectivity index (χ3v) is 9.36. The molecule has 1 unspecified atom stereocenters. The largest absolute Gasteiger partial charge is 0.493 e. The average molecular weight is 682 g/mol. The van der Waals surface area contributed by atoms with E-state index in [1.165, 1.54) is 79.8 Å². The molecule has 0 aromatic heterocycles. The quantitative estimate of drug-likeness (QED) is 0.179. The van der Waals surface area contributed by atoms with Crippen LogP contribution in [0.1, 0.15) is 25.0 Å². The van der Waals surface area contributed by atoms with Crippen LogP contribution in [0.4, 0.5) is 10.1 Å². The number of halogens is 2. The van der Waals surface area contributed by atoms with Gasteiger partial charge in [0.25, 0.3) is 10.0 Å². The summed E-state index contributed by atoms with van der Waals surface area (Å²) in [5.74, 6) is -1.27. The highest BCUT2D eigenvalue weighted by atomic mass is 35.5. The van der Waals surface area contributed by atoms with Gasteiger partial charge in [-0.3, -0.25) is 13.9 Å². The number of amides is 2. The number of nitrogens with zero attached hydrogens (tertiary/aromatic N) is 2. The molecule has 0 spiro atoms. The summed E-state index contributed by atoms with van der Waals surface area (Å²) >= 11 is 6.12. The molecule has 4 rings (SSSR count). The zero-order chi connectivity index (χ0) is 34.1. The molecule has 12 heteroatoms. The van der Waals surface area contributed by atoms with Gasteiger partial charge in [0, 0.05) is 35.7 Å². The second kappa shape index (κ2) is 15.8. The minimum absolute atomic E-state index is 0.100. The van der Waals surface area contributed by atoms with Gasteiger partial charge in [0.15, 0.2) is 11.5 Å². The summed E-state index contributed by atoms with van der Waals surface area (Å²) in [5.41, 5.74) is 1.07. The van der Waals surface area contributed by atoms with Gasteiger partial charge in [-0.15, -0.1) is 0 Å². The molecule has 0 aliphatic heterocycles. The number of nitrogens with one attached hydrogen (secondary N) is 1. The van der Waals surface area contributed by atoms with Crippen molar-refractivity contribution in [3.05, 3.63) is 119 Å². The summed E-state index contributed by atoms with van der Waals surface area (Å²) in [6.45, 7) is 2.57. The molecule has 0 heterocycles. The Labute approximate surface area is 279 Å². The zero-order valence-electron chi connectivity index (χ0n) is 26.5. The Morgan fingerprint density at radius 1 is 0.872 bits per heavy atom. The first-order chi connectivity index (χ1) is 22.4. The Hall–Kier alpha value is -4.61. The fraction of sp³-hybridized carbons (Fsp3) is 0.257. The summed E-state index contributed by atoms with van der Waals surface area (Å²) in [6, 6.07) is 23.7. The van der Waals surface area contributed by atoms with Gasteiger partial charge in [0.05, 0.1) is 24.8 Å². The van der Waals surface area contributed by atoms with Gasteiger partial charge in [-0.05, 0) is 61.9 Å². The predicted octanol–water partition coefficient (Wildman–Crippen LogP) is 5.86. The highest BCUT2D eigenvalue weighted by molar-refractivity contribution is 7.92. The van der Waals surface area contributed by atoms with E-state index >= 15 is 4.39 Å². The number of rotatable bonds is 14. The van der Waals surface area contributed by atoms with Gasteiger partial charge in [-0.2, -0.15) is 0 Å². The third kappa shape index (κ3) is 8.81. The maximum Gasteiger partial charge on any atom is 0.264 e. The number of methoxy groups -OCH3 is 2. The lowest BCUT2D eigenvalue weighted by Crippen LogP contribution is -2.54. The van der Waals surface area contributed by atoms with Crippen LogP contribution in [0.15, 0.2) is 102 Å². The lowest BCUT2D eigenvalue weighted by atomic mass is 10.0. The van der Waals surface area contributed by atoms with Crippen LogP contribution in [0, 0.1) is 5.82 Å². The van der Waals surface area contributed by atoms with E-state index in [1.54, 1.807) is 19.9 Å². The normalized spacial score (nSPS) is 11.9. The van der Waals surface area contributed by atoms with Crippen molar-refractivity contribution in [2.75, 3.05) is 25.1 Å². The van der Waals surface area contributed by atoms with Crippen LogP contribution in [-0.4, -0.2) is 58.0 Å². The molecule has 9 nitrogen and oxygen atoms in total. The summed E-state index contributed by atoms with van der Waals surface area (Å²) in [6.07, 6.45) is 0.100. The fourth-order valence-electron chi connectivity index (χ4n) is 4.99. The maximum atomic E-state index is 15.0. The standard InChI is InChI=1S/C35H37ClFN3O6S/c1-24(2)38-35(42)31(20-25-10-6-5-7-11-25)39(22-26-12-8-9-13-30(26)37)34(41)23-40(28-16-14-27(36)15-17-28)47(43,44)29-18-19-32(45-3)33(21-29)46-4/h5-19,21,24,31H,20,22-23H2,1-4H3,(H,38,42). The molecule has 0 saturated carbocycles. The molecule has 47 heavy (non-hydrogen) atoms. The highest BCUT2D eigenvalue weighted by Crippen LogP contribution is 2.33. The van der Waals surface area contributed by atoms with Crippen LogP contribution in [-0.2, 0) is 32.6 Å². The monoisotopic (exact) mass is 681 g/mol. The smallest absolute Gasteiger partial charge is 0.264 e. The van der Waals surface area contributed by atoms with Crippen LogP contribution in [0.2, 0.25) is 5.02 Å². The zero-order valence-corrected chi connectivity index (χ0v) is 28.1. The van der Waals surface area contributed by atoms with Crippen LogP contribution in [0.5, 0.6) is 11.5 Å². The number of carbonyl (C=O) groups is 2. The Bertz CT molecular complexity index is 1790. The SMILES string of the molecule is COc1ccc(S(=O)(=O)N(CC(=O)N(Cc2ccccc2F)C(Cc2ccccc2)C(=O)NC(C)C)c2ccc(Cl)cc2)cc1OC. The molecule has 0 radical (unpaired) electrons. The number of sulfonamides is 1. The number of hydrogen-bond donors (Lipinski definition) is 1. The minimum atomic E-state index is -4.43. The predicted molar refractivity (Wildman–Crippen MR) is 180 cm³/mol. The average Bonchev–Trinajstić information content (AvgIpc) is 3.06. The van der Waals surface area contributed by atoms with Gasteiger partial charge in [0.1, 0.15) is 18.4 Å². The van der Waals surface area contributed by atoms with Gasteiger partial charge in [0.2, 0.25) is 11.8 Å². The van der Waals surface area contributed by atoms with E-state index in [4.69, 9.17) is 21.1 Å². The second-order valence-corrected chi connectivity index (χ2v) is 13.3. The van der Waals surface area contributed by atoms with Crippen LogP contribution >= 0.6 is 11.6 Å². The summed E-state index contributed by atoms with van der Waals surface area (Å²) < 4.78 is 55.1. The number of anilines is 1. The van der Waals surface area contributed by atoms with Crippen molar-refractivity contribution in [2.24, 2.45) is 0 Å². The van der Waals surface area contributed by atoms with E-state index in [-0.39, 0.29) is 40.9 Å². The molecule has 0 fully saturated rings. The Balaban J connectivity index is 1.83. The Kier molecular flexibility index (Phi) is 11.8. The molecule has 0 bridgehead atoms. The van der Waals surface area contributed by atoms with E-state index < -0.39 is 40.2 Å². The number of carbonyl (C=O) groups excluding carboxylic acids is 2. The Morgan fingerprint density at radius 2 is 1.51 bits per heavy atom. The Morgan fingerprint density at radius 3 is 2.13 bits per heavy atom.